The molecule has 0 spiro atoms. The number of amides is 2. The summed E-state index contributed by atoms with van der Waals surface area (Å²) in [7, 11) is 8.72. The second-order valence-electron chi connectivity index (χ2n) is 8.92. The standard InChI is InChI=1S/C27H30N6O4/c1-32(2)12-13-37-27(35)29-22-11-10-17(14-20(22)26(34)33(3)4)18-15-21-24(30-31-25(21)28-16-18)19-8-6-7-9-23(19)36-5/h6-11,14-16H,12-13H2,1-5H3,(H,29,35)(H,28,30,31). The molecule has 0 fully saturated rings. The van der Waals surface area contributed by atoms with Crippen molar-refractivity contribution in [2.75, 3.05) is 53.8 Å². The molecule has 0 aliphatic rings. The number of carbonyl (C=O) groups excluding carboxylic acids is 2. The lowest BCUT2D eigenvalue weighted by Crippen LogP contribution is -2.25. The lowest BCUT2D eigenvalue weighted by molar-refractivity contribution is 0.0828. The lowest BCUT2D eigenvalue weighted by atomic mass is 10.0. The van der Waals surface area contributed by atoms with Gasteiger partial charge < -0.3 is 19.3 Å². The number of fused-ring (bicyclic) bond motifs is 1. The second kappa shape index (κ2) is 11.1. The predicted octanol–water partition coefficient (Wildman–Crippen LogP) is 4.11. The summed E-state index contributed by atoms with van der Waals surface area (Å²) < 4.78 is 10.7. The van der Waals surface area contributed by atoms with Gasteiger partial charge in [-0.1, -0.05) is 18.2 Å². The van der Waals surface area contributed by atoms with Crippen LogP contribution in [0.1, 0.15) is 10.4 Å². The van der Waals surface area contributed by atoms with Crippen molar-refractivity contribution in [3.63, 3.8) is 0 Å². The first-order valence-corrected chi connectivity index (χ1v) is 11.7. The number of likely N-dealkylation sites (N-methyl/N-ethyl adjacent to an activating group) is 1. The van der Waals surface area contributed by atoms with Crippen LogP contribution in [0.4, 0.5) is 10.5 Å². The van der Waals surface area contributed by atoms with Crippen LogP contribution in [0.5, 0.6) is 5.75 Å². The number of aromatic amines is 1. The molecule has 2 amide bonds. The van der Waals surface area contributed by atoms with Crippen molar-refractivity contribution < 1.29 is 19.1 Å². The number of pyridine rings is 1. The summed E-state index contributed by atoms with van der Waals surface area (Å²) in [5, 5.41) is 11.0. The molecule has 0 atom stereocenters. The molecule has 0 aliphatic heterocycles. The number of carbonyl (C=O) groups is 2. The van der Waals surface area contributed by atoms with E-state index < -0.39 is 6.09 Å². The molecule has 0 saturated heterocycles. The Kier molecular flexibility index (Phi) is 7.69. The minimum atomic E-state index is -0.620. The van der Waals surface area contributed by atoms with Crippen LogP contribution in [0.25, 0.3) is 33.4 Å². The summed E-state index contributed by atoms with van der Waals surface area (Å²) in [6.07, 6.45) is 1.10. The van der Waals surface area contributed by atoms with Crippen LogP contribution in [0.2, 0.25) is 0 Å². The third-order valence-electron chi connectivity index (χ3n) is 5.78. The Balaban J connectivity index is 1.70. The highest BCUT2D eigenvalue weighted by atomic mass is 16.5. The van der Waals surface area contributed by atoms with E-state index in [9.17, 15) is 9.59 Å². The molecule has 10 heteroatoms. The minimum Gasteiger partial charge on any atom is -0.496 e. The maximum atomic E-state index is 13.0. The smallest absolute Gasteiger partial charge is 0.411 e. The quantitative estimate of drug-likeness (QED) is 0.373. The van der Waals surface area contributed by atoms with E-state index in [0.717, 1.165) is 22.1 Å². The lowest BCUT2D eigenvalue weighted by Gasteiger charge is -2.17. The van der Waals surface area contributed by atoms with E-state index in [2.05, 4.69) is 20.5 Å². The molecule has 0 saturated carbocycles. The molecule has 4 aromatic rings. The molecule has 10 nitrogen and oxygen atoms in total. The number of nitrogens with zero attached hydrogens (tertiary/aromatic N) is 4. The largest absolute Gasteiger partial charge is 0.496 e. The Hall–Kier alpha value is -4.44. The van der Waals surface area contributed by atoms with E-state index in [0.29, 0.717) is 34.9 Å². The molecule has 0 radical (unpaired) electrons. The molecule has 2 heterocycles. The number of para-hydroxylation sites is 1. The van der Waals surface area contributed by atoms with Crippen LogP contribution in [-0.4, -0.2) is 85.4 Å². The number of benzene rings is 2. The molecule has 192 valence electrons. The number of nitrogens with one attached hydrogen (secondary N) is 2. The highest BCUT2D eigenvalue weighted by Crippen LogP contribution is 2.35. The third kappa shape index (κ3) is 5.70. The van der Waals surface area contributed by atoms with Gasteiger partial charge in [0.2, 0.25) is 0 Å². The Morgan fingerprint density at radius 2 is 1.81 bits per heavy atom. The first kappa shape index (κ1) is 25.6. The van der Waals surface area contributed by atoms with E-state index in [1.807, 2.05) is 55.4 Å². The fraction of sp³-hybridized carbons (Fsp3) is 0.259. The average molecular weight is 503 g/mol. The molecular formula is C27H30N6O4. The van der Waals surface area contributed by atoms with Crippen LogP contribution < -0.4 is 10.1 Å². The number of ether oxygens (including phenoxy) is 2. The van der Waals surface area contributed by atoms with Crippen LogP contribution in [-0.2, 0) is 4.74 Å². The van der Waals surface area contributed by atoms with Crippen molar-refractivity contribution >= 4 is 28.7 Å². The van der Waals surface area contributed by atoms with Crippen LogP contribution >= 0.6 is 0 Å². The van der Waals surface area contributed by atoms with Crippen molar-refractivity contribution in [1.82, 2.24) is 25.0 Å². The van der Waals surface area contributed by atoms with E-state index in [-0.39, 0.29) is 12.5 Å². The van der Waals surface area contributed by atoms with Crippen molar-refractivity contribution in [3.05, 3.63) is 60.3 Å². The molecule has 37 heavy (non-hydrogen) atoms. The van der Waals surface area contributed by atoms with Gasteiger partial charge in [-0.25, -0.2) is 9.78 Å². The maximum Gasteiger partial charge on any atom is 0.411 e. The van der Waals surface area contributed by atoms with Gasteiger partial charge in [-0.2, -0.15) is 5.10 Å². The molecule has 4 rings (SSSR count). The monoisotopic (exact) mass is 502 g/mol. The number of aromatic nitrogens is 3. The number of hydrogen-bond acceptors (Lipinski definition) is 7. The topological polar surface area (TPSA) is 113 Å². The Bertz CT molecular complexity index is 1430. The zero-order valence-corrected chi connectivity index (χ0v) is 21.5. The molecule has 2 aromatic heterocycles. The molecular weight excluding hydrogens is 472 g/mol. The zero-order valence-electron chi connectivity index (χ0n) is 21.5. The fourth-order valence-corrected chi connectivity index (χ4v) is 3.82. The van der Waals surface area contributed by atoms with E-state index in [1.54, 1.807) is 39.5 Å². The second-order valence-corrected chi connectivity index (χ2v) is 8.92. The van der Waals surface area contributed by atoms with Gasteiger partial charge in [0.1, 0.15) is 18.1 Å². The van der Waals surface area contributed by atoms with Gasteiger partial charge in [0.05, 0.1) is 18.4 Å². The summed E-state index contributed by atoms with van der Waals surface area (Å²) in [5.74, 6) is 0.450. The van der Waals surface area contributed by atoms with Crippen molar-refractivity contribution in [2.45, 2.75) is 0 Å². The first-order valence-electron chi connectivity index (χ1n) is 11.7. The van der Waals surface area contributed by atoms with Gasteiger partial charge >= 0.3 is 6.09 Å². The highest BCUT2D eigenvalue weighted by Gasteiger charge is 2.19. The van der Waals surface area contributed by atoms with Crippen molar-refractivity contribution in [2.24, 2.45) is 0 Å². The first-order chi connectivity index (χ1) is 17.8. The predicted molar refractivity (Wildman–Crippen MR) is 143 cm³/mol. The van der Waals surface area contributed by atoms with Crippen molar-refractivity contribution in [1.29, 1.82) is 0 Å². The summed E-state index contributed by atoms with van der Waals surface area (Å²) in [6, 6.07) is 14.9. The van der Waals surface area contributed by atoms with Gasteiger partial charge in [-0.3, -0.25) is 15.2 Å². The third-order valence-corrected chi connectivity index (χ3v) is 5.78. The Morgan fingerprint density at radius 1 is 1.03 bits per heavy atom. The van der Waals surface area contributed by atoms with E-state index in [4.69, 9.17) is 9.47 Å². The highest BCUT2D eigenvalue weighted by molar-refractivity contribution is 6.04. The Labute approximate surface area is 215 Å². The van der Waals surface area contributed by atoms with Gasteiger partial charge in [0.15, 0.2) is 5.65 Å². The number of hydrogen-bond donors (Lipinski definition) is 2. The normalized spacial score (nSPS) is 11.0. The van der Waals surface area contributed by atoms with Gasteiger partial charge in [-0.15, -0.1) is 0 Å². The van der Waals surface area contributed by atoms with Gasteiger partial charge in [0, 0.05) is 43.4 Å². The summed E-state index contributed by atoms with van der Waals surface area (Å²) in [6.45, 7) is 0.828. The van der Waals surface area contributed by atoms with Gasteiger partial charge in [0.25, 0.3) is 5.91 Å². The van der Waals surface area contributed by atoms with E-state index >= 15 is 0 Å². The molecule has 0 unspecified atom stereocenters. The van der Waals surface area contributed by atoms with Crippen LogP contribution in [0.15, 0.2) is 54.7 Å². The maximum absolute atomic E-state index is 13.0. The number of methoxy groups -OCH3 is 1. The van der Waals surface area contributed by atoms with Gasteiger partial charge in [-0.05, 0) is 50.0 Å². The van der Waals surface area contributed by atoms with Crippen LogP contribution in [0.3, 0.4) is 0 Å². The fourth-order valence-electron chi connectivity index (χ4n) is 3.82. The molecule has 0 bridgehead atoms. The number of anilines is 1. The molecule has 2 N–H and O–H groups in total. The minimum absolute atomic E-state index is 0.235. The molecule has 0 aliphatic carbocycles. The van der Waals surface area contributed by atoms with Crippen LogP contribution in [0, 0.1) is 0 Å². The zero-order chi connectivity index (χ0) is 26.5. The number of H-pyrrole nitrogens is 1. The molecule has 2 aromatic carbocycles. The summed E-state index contributed by atoms with van der Waals surface area (Å²) >= 11 is 0. The number of rotatable bonds is 8. The SMILES string of the molecule is COc1ccccc1-c1n[nH]c2ncc(-c3ccc(NC(=O)OCCN(C)C)c(C(=O)N(C)C)c3)cc12. The Morgan fingerprint density at radius 3 is 2.54 bits per heavy atom. The van der Waals surface area contributed by atoms with Crippen molar-refractivity contribution in [3.8, 4) is 28.1 Å². The average Bonchev–Trinajstić information content (AvgIpc) is 3.31. The summed E-state index contributed by atoms with van der Waals surface area (Å²) in [5.41, 5.74) is 4.44. The van der Waals surface area contributed by atoms with E-state index in [1.165, 1.54) is 4.90 Å². The summed E-state index contributed by atoms with van der Waals surface area (Å²) in [4.78, 5) is 33.2.